The Morgan fingerprint density at radius 1 is 0.433 bits per heavy atom. The number of pyridine rings is 2. The molecule has 0 saturated carbocycles. The van der Waals surface area contributed by atoms with E-state index in [9.17, 15) is 121 Å². The lowest BCUT2D eigenvalue weighted by Crippen LogP contribution is -2.50. The highest BCUT2D eigenvalue weighted by Gasteiger charge is 2.43. The maximum Gasteiger partial charge on any atom is 0.405 e. The Balaban J connectivity index is 0.000000234. The predicted molar refractivity (Wildman–Crippen MR) is 519 cm³/mol. The first-order valence-electron chi connectivity index (χ1n) is 45.2. The fraction of sp³-hybridized carbons (Fsp3) is 0.359. The number of benzene rings is 3. The average Bonchev–Trinajstić information content (AvgIpc) is 1.70. The van der Waals surface area contributed by atoms with E-state index in [0.717, 1.165) is 51.3 Å². The molecule has 806 valence electrons. The van der Waals surface area contributed by atoms with Gasteiger partial charge >= 0.3 is 30.9 Å². The largest absolute Gasteiger partial charge is 0.481 e. The number of methoxy groups -OCH3 is 1. The highest BCUT2D eigenvalue weighted by atomic mass is 32.1. The third-order valence-electron chi connectivity index (χ3n) is 22.4. The number of carbonyl (C=O) groups is 7. The van der Waals surface area contributed by atoms with Crippen LogP contribution in [0.25, 0.3) is 88.3 Å². The molecule has 150 heavy (non-hydrogen) atoms. The van der Waals surface area contributed by atoms with Gasteiger partial charge < -0.3 is 77.6 Å². The molecule has 13 aromatic rings. The monoisotopic (exact) mass is 2170 g/mol. The van der Waals surface area contributed by atoms with Crippen molar-refractivity contribution in [3.8, 4) is 62.8 Å². The Bertz CT molecular complexity index is 7080. The molecule has 58 heteroatoms. The molecule has 0 aliphatic carbocycles. The van der Waals surface area contributed by atoms with Crippen molar-refractivity contribution in [1.29, 1.82) is 0 Å². The predicted octanol–water partition coefficient (Wildman–Crippen LogP) is 15.9. The van der Waals surface area contributed by atoms with Crippen LogP contribution in [0.3, 0.4) is 0 Å². The maximum absolute atomic E-state index is 14.6. The standard InChI is InChI=1S/C20H18F4N6O2S.C20H17F4N5O.C18H16F4N6OS.C17H20F4N6O2.C17H17F4N5O2.5H2/c1-10(31)27-19-28-13-5-4-11(7-15(13)33-19)16-25-8-12(21)17(29-16)30-6-2-3-14(30)18(32)26-9-20(22,23)24;21-14-10-26-17(13-5-6-15-12(9-13)3-1-7-25-15)28-18(14)29-8-2-4-16(29)19(30)27-11-20(22,23)24;19-10-7-24-14(9-3-4-11-13(6-9)30-17(23)26-11)27-15(10)28-5-1-2-12(28)16(29)25-8-18(20,21)22;1-4-22-14(28)11-5-9(6-23-11)12-24-7-10(18)13(26-12)27-16(2,3)15(29)25-8-17(19,20)21;1-28-13-5-4-10(7-22-13)14-23-8-11(18)15(25-14)26-6-2-3-12(26)16(27)24-9-17(19,20)21;;;;;/h4-5,7-8,14H,2-3,6,9H2,1H3,(H,26,32)(H,27,28,31);1,3,5-7,9-10,16H,2,4,8,11H2,(H,27,30);3-4,6-7,12H,1-2,5,8H2,(H2,23,26)(H,25,29);5-7,23H,4,8H2,1-3H3,(H,22,28)(H,25,29)(H,24,26,27);4-5,7-8,12H,2-3,6,9H2,1H3,(H,24,27);5*1H/t14-;16-;12-;;12-;;;;;/m111.1...../s1. The Morgan fingerprint density at radius 3 is 1.21 bits per heavy atom. The van der Waals surface area contributed by atoms with E-state index in [0.29, 0.717) is 126 Å². The van der Waals surface area contributed by atoms with E-state index >= 15 is 0 Å². The summed E-state index contributed by atoms with van der Waals surface area (Å²) < 4.78 is 265. The molecule has 10 aromatic heterocycles. The minimum Gasteiger partial charge on any atom is -0.481 e. The number of hydrogen-bond acceptors (Lipinski definition) is 30. The topological polar surface area (TPSA) is 460 Å². The number of ether oxygens (including phenoxy) is 1. The van der Waals surface area contributed by atoms with Crippen LogP contribution in [0.5, 0.6) is 5.88 Å². The van der Waals surface area contributed by atoms with Crippen LogP contribution in [0, 0.1) is 29.1 Å². The molecule has 0 spiro atoms. The van der Waals surface area contributed by atoms with E-state index in [1.807, 2.05) is 33.4 Å². The van der Waals surface area contributed by atoms with Crippen molar-refractivity contribution < 1.29 is 133 Å². The molecule has 7 amide bonds. The van der Waals surface area contributed by atoms with Crippen molar-refractivity contribution in [3.63, 3.8) is 0 Å². The van der Waals surface area contributed by atoms with Crippen LogP contribution in [0.15, 0.2) is 135 Å². The molecule has 4 aliphatic rings. The van der Waals surface area contributed by atoms with Crippen LogP contribution in [0.1, 0.15) is 96.7 Å². The number of carbonyl (C=O) groups excluding carboxylic acids is 7. The zero-order valence-electron chi connectivity index (χ0n) is 79.0. The zero-order chi connectivity index (χ0) is 109. The van der Waals surface area contributed by atoms with Crippen LogP contribution in [-0.4, -0.2) is 249 Å². The molecule has 0 radical (unpaired) electrons. The quantitative estimate of drug-likeness (QED) is 0.0238. The summed E-state index contributed by atoms with van der Waals surface area (Å²) in [4.78, 5) is 150. The molecular formula is C92H98F20N28O8S2. The SMILES string of the molecule is CC(=O)Nc1nc2ccc(-c3ncc(F)c(N4CCC[C@@H]4C(=O)NCC(F)(F)F)n3)cc2s1.CCNC(=O)c1cc(-c2ncc(F)c(NC(C)(C)C(=O)NCC(F)(F)F)n2)c[nH]1.COc1ccc(-c2ncc(F)c(N3CCC[C@@H]3C(=O)NCC(F)(F)F)n2)cn1.Nc1nc2ccc(-c3ncc(F)c(N4CCC[C@@H]4C(=O)NCC(F)(F)F)n3)cc2s1.O=C(NCC(F)(F)F)[C@H]1CCCN1c1nc(-c2ccc3ncccc3c2)ncc1F.[HH].[HH].[HH].[HH].[HH]. The van der Waals surface area contributed by atoms with Crippen LogP contribution in [0.4, 0.5) is 127 Å². The summed E-state index contributed by atoms with van der Waals surface area (Å²) in [6.07, 6.45) is -10.0. The third-order valence-corrected chi connectivity index (χ3v) is 24.2. The summed E-state index contributed by atoms with van der Waals surface area (Å²) in [7, 11) is 1.46. The molecule has 0 unspecified atom stereocenters. The number of aromatic amines is 1. The highest BCUT2D eigenvalue weighted by molar-refractivity contribution is 7.22. The normalized spacial score (nSPS) is 15.8. The van der Waals surface area contributed by atoms with Gasteiger partial charge in [-0.25, -0.2) is 86.7 Å². The number of rotatable bonds is 25. The molecule has 17 rings (SSSR count). The third kappa shape index (κ3) is 29.8. The summed E-state index contributed by atoms with van der Waals surface area (Å²) in [5, 5.41) is 18.6. The van der Waals surface area contributed by atoms with Gasteiger partial charge in [0.25, 0.3) is 5.91 Å². The first-order chi connectivity index (χ1) is 70.8. The van der Waals surface area contributed by atoms with E-state index in [4.69, 9.17) is 10.5 Å². The van der Waals surface area contributed by atoms with Gasteiger partial charge in [-0.15, -0.1) is 0 Å². The number of nitrogens with two attached hydrogens (primary N) is 1. The van der Waals surface area contributed by atoms with Crippen molar-refractivity contribution >= 4 is 135 Å². The van der Waals surface area contributed by atoms with E-state index in [1.165, 1.54) is 88.6 Å². The number of hydrogen-bond donors (Lipinski definition) is 10. The summed E-state index contributed by atoms with van der Waals surface area (Å²) in [6, 6.07) is 20.3. The van der Waals surface area contributed by atoms with Crippen LogP contribution >= 0.6 is 22.7 Å². The number of thiazole rings is 2. The van der Waals surface area contributed by atoms with E-state index < -0.39 is 152 Å². The zero-order valence-corrected chi connectivity index (χ0v) is 80.6. The molecular weight excluding hydrogens is 2070 g/mol. The fourth-order valence-electron chi connectivity index (χ4n) is 15.6. The van der Waals surface area contributed by atoms with Gasteiger partial charge in [0.05, 0.1) is 64.0 Å². The lowest BCUT2D eigenvalue weighted by Gasteiger charge is -2.26. The number of amides is 7. The average molecular weight is 2170 g/mol. The number of halogens is 20. The highest BCUT2D eigenvalue weighted by Crippen LogP contribution is 2.39. The van der Waals surface area contributed by atoms with Gasteiger partial charge in [-0.3, -0.25) is 38.5 Å². The van der Waals surface area contributed by atoms with Crippen molar-refractivity contribution in [1.82, 2.24) is 107 Å². The molecule has 0 bridgehead atoms. The minimum absolute atomic E-state index is 0. The molecule has 4 aliphatic heterocycles. The van der Waals surface area contributed by atoms with Crippen LogP contribution in [0.2, 0.25) is 0 Å². The summed E-state index contributed by atoms with van der Waals surface area (Å²) in [5.74, 6) is -8.40. The summed E-state index contributed by atoms with van der Waals surface area (Å²) in [5.41, 5.74) is 9.18. The van der Waals surface area contributed by atoms with E-state index in [2.05, 4.69) is 90.7 Å². The van der Waals surface area contributed by atoms with Crippen LogP contribution in [-0.2, 0) is 28.8 Å². The molecule has 4 fully saturated rings. The molecule has 11 N–H and O–H groups in total. The van der Waals surface area contributed by atoms with E-state index in [-0.39, 0.29) is 95.8 Å². The van der Waals surface area contributed by atoms with Gasteiger partial charge in [0.15, 0.2) is 97.6 Å². The van der Waals surface area contributed by atoms with Crippen molar-refractivity contribution in [2.45, 2.75) is 140 Å². The second-order valence-corrected chi connectivity index (χ2v) is 36.0. The lowest BCUT2D eigenvalue weighted by molar-refractivity contribution is -0.140. The maximum atomic E-state index is 14.6. The van der Waals surface area contributed by atoms with Gasteiger partial charge in [0.1, 0.15) is 68.1 Å². The minimum atomic E-state index is -4.57. The molecule has 4 atom stereocenters. The van der Waals surface area contributed by atoms with Crippen molar-refractivity contribution in [2.24, 2.45) is 0 Å². The molecule has 36 nitrogen and oxygen atoms in total. The number of H-pyrrole nitrogens is 1. The van der Waals surface area contributed by atoms with Crippen LogP contribution < -0.4 is 72.6 Å². The summed E-state index contributed by atoms with van der Waals surface area (Å²) >= 11 is 2.54. The number of nitrogens with zero attached hydrogens (tertiary/aromatic N) is 18. The number of fused-ring (bicyclic) bond motifs is 3. The number of nitrogen functional groups attached to an aromatic ring is 1. The molecule has 14 heterocycles. The van der Waals surface area contributed by atoms with Gasteiger partial charge in [0, 0.05) is 105 Å². The Labute approximate surface area is 851 Å². The summed E-state index contributed by atoms with van der Waals surface area (Å²) in [6.45, 7) is 0.00622. The number of anilines is 7. The first kappa shape index (κ1) is 111. The van der Waals surface area contributed by atoms with Gasteiger partial charge in [-0.05, 0) is 145 Å². The smallest absolute Gasteiger partial charge is 0.405 e. The van der Waals surface area contributed by atoms with Gasteiger partial charge in [-0.1, -0.05) is 28.7 Å². The molecule has 3 aromatic carbocycles. The Morgan fingerprint density at radius 2 is 0.813 bits per heavy atom. The Hall–Kier alpha value is -15.8. The van der Waals surface area contributed by atoms with Crippen molar-refractivity contribution in [3.05, 3.63) is 169 Å². The lowest BCUT2D eigenvalue weighted by atomic mass is 10.0. The van der Waals surface area contributed by atoms with E-state index in [1.54, 1.807) is 85.2 Å². The first-order valence-corrected chi connectivity index (χ1v) is 46.9. The number of nitrogens with one attached hydrogen (secondary N) is 9. The second-order valence-electron chi connectivity index (χ2n) is 33.9. The van der Waals surface area contributed by atoms with Gasteiger partial charge in [0.2, 0.25) is 41.3 Å². The van der Waals surface area contributed by atoms with Gasteiger partial charge in [-0.2, -0.15) is 65.9 Å². The number of aromatic nitrogens is 15. The fourth-order valence-corrected chi connectivity index (χ4v) is 17.4. The Kier molecular flexibility index (Phi) is 35.3. The van der Waals surface area contributed by atoms with Crippen molar-refractivity contribution in [2.75, 3.05) is 109 Å². The molecule has 4 saturated heterocycles. The number of alkyl halides is 15. The second kappa shape index (κ2) is 47.6.